The summed E-state index contributed by atoms with van der Waals surface area (Å²) in [5, 5.41) is 6.88. The molecule has 0 aliphatic carbocycles. The number of carbonyl (C=O) groups is 1. The number of anilines is 2. The van der Waals surface area contributed by atoms with E-state index in [1.807, 2.05) is 24.3 Å². The number of hydrogen-bond donors (Lipinski definition) is 1. The zero-order valence-corrected chi connectivity index (χ0v) is 10.3. The molecule has 0 unspecified atom stereocenters. The maximum absolute atomic E-state index is 12.1. The van der Waals surface area contributed by atoms with E-state index >= 15 is 0 Å². The van der Waals surface area contributed by atoms with Crippen LogP contribution in [0.3, 0.4) is 0 Å². The zero-order valence-electron chi connectivity index (χ0n) is 10.3. The van der Waals surface area contributed by atoms with Gasteiger partial charge >= 0.3 is 0 Å². The first kappa shape index (κ1) is 12.1. The van der Waals surface area contributed by atoms with Gasteiger partial charge in [0.25, 0.3) is 5.91 Å². The Labute approximate surface area is 104 Å². The quantitative estimate of drug-likeness (QED) is 0.886. The van der Waals surface area contributed by atoms with E-state index in [1.54, 1.807) is 7.05 Å². The van der Waals surface area contributed by atoms with Gasteiger partial charge < -0.3 is 10.6 Å². The smallest absolute Gasteiger partial charge is 0.284 e. The third kappa shape index (κ3) is 2.17. The fraction of sp³-hybridized carbons (Fsp3) is 0.250. The zero-order chi connectivity index (χ0) is 13.1. The second kappa shape index (κ2) is 4.87. The predicted molar refractivity (Wildman–Crippen MR) is 67.3 cm³/mol. The van der Waals surface area contributed by atoms with Crippen molar-refractivity contribution in [1.29, 1.82) is 0 Å². The van der Waals surface area contributed by atoms with Crippen LogP contribution in [0, 0.1) is 0 Å². The molecular weight excluding hydrogens is 232 g/mol. The number of hydrogen-bond acceptors (Lipinski definition) is 5. The summed E-state index contributed by atoms with van der Waals surface area (Å²) in [6, 6.07) is 7.70. The van der Waals surface area contributed by atoms with Crippen LogP contribution in [0.15, 0.2) is 28.9 Å². The van der Waals surface area contributed by atoms with Crippen LogP contribution in [-0.2, 0) is 6.42 Å². The Balaban J connectivity index is 2.23. The number of nitrogens with two attached hydrogens (primary N) is 1. The largest absolute Gasteiger partial charge is 0.379 e. The highest BCUT2D eigenvalue weighted by atomic mass is 16.6. The molecule has 18 heavy (non-hydrogen) atoms. The number of nitrogen functional groups attached to an aromatic ring is 1. The molecule has 2 rings (SSSR count). The molecule has 6 nitrogen and oxygen atoms in total. The van der Waals surface area contributed by atoms with Crippen LogP contribution in [0.25, 0.3) is 0 Å². The van der Waals surface area contributed by atoms with E-state index in [2.05, 4.69) is 21.9 Å². The average molecular weight is 246 g/mol. The normalized spacial score (nSPS) is 10.3. The second-order valence-electron chi connectivity index (χ2n) is 3.88. The van der Waals surface area contributed by atoms with Gasteiger partial charge in [-0.05, 0) is 34.4 Å². The highest BCUT2D eigenvalue weighted by Crippen LogP contribution is 2.17. The summed E-state index contributed by atoms with van der Waals surface area (Å²) < 4.78 is 4.42. The molecule has 1 aromatic heterocycles. The Kier molecular flexibility index (Phi) is 3.27. The van der Waals surface area contributed by atoms with Crippen molar-refractivity contribution in [2.75, 3.05) is 17.7 Å². The summed E-state index contributed by atoms with van der Waals surface area (Å²) in [4.78, 5) is 13.5. The lowest BCUT2D eigenvalue weighted by Gasteiger charge is -2.16. The fourth-order valence-electron chi connectivity index (χ4n) is 1.58. The number of aromatic nitrogens is 2. The topological polar surface area (TPSA) is 85.2 Å². The van der Waals surface area contributed by atoms with E-state index in [1.165, 1.54) is 10.5 Å². The molecule has 0 aliphatic heterocycles. The van der Waals surface area contributed by atoms with Crippen molar-refractivity contribution in [3.05, 3.63) is 35.5 Å². The summed E-state index contributed by atoms with van der Waals surface area (Å²) in [5.74, 6) is -0.352. The van der Waals surface area contributed by atoms with E-state index in [-0.39, 0.29) is 17.4 Å². The van der Waals surface area contributed by atoms with E-state index in [0.29, 0.717) is 0 Å². The predicted octanol–water partition coefficient (Wildman–Crippen LogP) is 1.49. The molecule has 6 heteroatoms. The van der Waals surface area contributed by atoms with Gasteiger partial charge in [0.2, 0.25) is 11.5 Å². The van der Waals surface area contributed by atoms with Crippen molar-refractivity contribution >= 4 is 17.4 Å². The summed E-state index contributed by atoms with van der Waals surface area (Å²) >= 11 is 0. The molecule has 0 fully saturated rings. The molecule has 0 atom stereocenters. The lowest BCUT2D eigenvalue weighted by molar-refractivity contribution is 0.0984. The van der Waals surface area contributed by atoms with E-state index in [0.717, 1.165) is 12.1 Å². The first-order valence-electron chi connectivity index (χ1n) is 5.58. The Hall–Kier alpha value is -2.37. The van der Waals surface area contributed by atoms with Crippen LogP contribution >= 0.6 is 0 Å². The maximum Gasteiger partial charge on any atom is 0.284 e. The summed E-state index contributed by atoms with van der Waals surface area (Å²) in [6.45, 7) is 2.08. The molecule has 0 radical (unpaired) electrons. The number of aryl methyl sites for hydroxylation is 1. The van der Waals surface area contributed by atoms with Crippen molar-refractivity contribution in [1.82, 2.24) is 10.3 Å². The van der Waals surface area contributed by atoms with Gasteiger partial charge in [0.1, 0.15) is 0 Å². The lowest BCUT2D eigenvalue weighted by Crippen LogP contribution is -2.27. The Morgan fingerprint density at radius 3 is 2.50 bits per heavy atom. The van der Waals surface area contributed by atoms with Crippen LogP contribution in [0.4, 0.5) is 11.5 Å². The minimum absolute atomic E-state index is 0.00275. The standard InChI is InChI=1S/C12H14N4O2/c1-3-8-4-6-9(7-5-8)16(2)12(17)10-11(13)15-18-14-10/h4-7H,3H2,1-2H3,(H2,13,15). The van der Waals surface area contributed by atoms with Crippen LogP contribution in [0.5, 0.6) is 0 Å². The summed E-state index contributed by atoms with van der Waals surface area (Å²) in [7, 11) is 1.65. The van der Waals surface area contributed by atoms with E-state index in [9.17, 15) is 4.79 Å². The van der Waals surface area contributed by atoms with Crippen LogP contribution in [0.1, 0.15) is 23.0 Å². The van der Waals surface area contributed by atoms with E-state index < -0.39 is 0 Å². The molecular formula is C12H14N4O2. The van der Waals surface area contributed by atoms with Gasteiger partial charge in [-0.25, -0.2) is 4.63 Å². The Morgan fingerprint density at radius 1 is 1.33 bits per heavy atom. The first-order chi connectivity index (χ1) is 8.63. The van der Waals surface area contributed by atoms with Gasteiger partial charge in [0.15, 0.2) is 0 Å². The molecule has 0 saturated heterocycles. The molecule has 1 heterocycles. The van der Waals surface area contributed by atoms with Gasteiger partial charge in [0, 0.05) is 12.7 Å². The molecule has 1 amide bonds. The van der Waals surface area contributed by atoms with Gasteiger partial charge in [0.05, 0.1) is 0 Å². The first-order valence-corrected chi connectivity index (χ1v) is 5.58. The molecule has 1 aromatic carbocycles. The minimum Gasteiger partial charge on any atom is -0.379 e. The van der Waals surface area contributed by atoms with Crippen molar-refractivity contribution in [3.8, 4) is 0 Å². The number of amides is 1. The van der Waals surface area contributed by atoms with E-state index in [4.69, 9.17) is 5.73 Å². The molecule has 0 bridgehead atoms. The maximum atomic E-state index is 12.1. The molecule has 2 N–H and O–H groups in total. The highest BCUT2D eigenvalue weighted by molar-refractivity contribution is 6.06. The third-order valence-electron chi connectivity index (χ3n) is 2.75. The fourth-order valence-corrected chi connectivity index (χ4v) is 1.58. The third-order valence-corrected chi connectivity index (χ3v) is 2.75. The SMILES string of the molecule is CCc1ccc(N(C)C(=O)c2nonc2N)cc1. The van der Waals surface area contributed by atoms with Crippen molar-refractivity contribution in [3.63, 3.8) is 0 Å². The Morgan fingerprint density at radius 2 is 2.00 bits per heavy atom. The van der Waals surface area contributed by atoms with Crippen LogP contribution in [-0.4, -0.2) is 23.3 Å². The molecule has 0 spiro atoms. The summed E-state index contributed by atoms with van der Waals surface area (Å²) in [6.07, 6.45) is 0.956. The second-order valence-corrected chi connectivity index (χ2v) is 3.88. The number of rotatable bonds is 3. The number of carbonyl (C=O) groups excluding carboxylic acids is 1. The number of nitrogens with zero attached hydrogens (tertiary/aromatic N) is 3. The van der Waals surface area contributed by atoms with Crippen LogP contribution in [0.2, 0.25) is 0 Å². The van der Waals surface area contributed by atoms with Crippen molar-refractivity contribution in [2.24, 2.45) is 0 Å². The molecule has 94 valence electrons. The van der Waals surface area contributed by atoms with Crippen LogP contribution < -0.4 is 10.6 Å². The minimum atomic E-state index is -0.349. The highest BCUT2D eigenvalue weighted by Gasteiger charge is 2.20. The number of benzene rings is 1. The monoisotopic (exact) mass is 246 g/mol. The lowest BCUT2D eigenvalue weighted by atomic mass is 10.1. The summed E-state index contributed by atoms with van der Waals surface area (Å²) in [5.41, 5.74) is 7.49. The van der Waals surface area contributed by atoms with Crippen molar-refractivity contribution < 1.29 is 9.42 Å². The van der Waals surface area contributed by atoms with Gasteiger partial charge in [-0.3, -0.25) is 4.79 Å². The van der Waals surface area contributed by atoms with Gasteiger partial charge in [-0.1, -0.05) is 19.1 Å². The Bertz CT molecular complexity index is 547. The molecule has 0 saturated carbocycles. The molecule has 2 aromatic rings. The van der Waals surface area contributed by atoms with Gasteiger partial charge in [-0.2, -0.15) is 0 Å². The van der Waals surface area contributed by atoms with Crippen molar-refractivity contribution in [2.45, 2.75) is 13.3 Å². The average Bonchev–Trinajstić information content (AvgIpc) is 2.83. The molecule has 0 aliphatic rings. The van der Waals surface area contributed by atoms with Gasteiger partial charge in [-0.15, -0.1) is 0 Å².